The summed E-state index contributed by atoms with van der Waals surface area (Å²) in [6, 6.07) is 7.76. The Balaban J connectivity index is 1.58. The van der Waals surface area contributed by atoms with Crippen molar-refractivity contribution in [1.82, 2.24) is 24.5 Å². The van der Waals surface area contributed by atoms with E-state index in [1.807, 2.05) is 35.9 Å². The van der Waals surface area contributed by atoms with Crippen molar-refractivity contribution in [3.63, 3.8) is 0 Å². The van der Waals surface area contributed by atoms with Crippen LogP contribution < -0.4 is 5.73 Å². The lowest BCUT2D eigenvalue weighted by Gasteiger charge is -2.24. The summed E-state index contributed by atoms with van der Waals surface area (Å²) in [7, 11) is 0. The zero-order chi connectivity index (χ0) is 22.2. The van der Waals surface area contributed by atoms with Gasteiger partial charge in [0, 0.05) is 30.0 Å². The summed E-state index contributed by atoms with van der Waals surface area (Å²) in [4.78, 5) is 15.9. The maximum atomic E-state index is 11.2. The van der Waals surface area contributed by atoms with E-state index >= 15 is 0 Å². The Labute approximate surface area is 184 Å². The van der Waals surface area contributed by atoms with Crippen molar-refractivity contribution in [2.75, 3.05) is 12.3 Å². The van der Waals surface area contributed by atoms with E-state index in [0.717, 1.165) is 58.9 Å². The van der Waals surface area contributed by atoms with Crippen LogP contribution in [0.4, 0.5) is 5.82 Å². The number of hydrogen-bond acceptors (Lipinski definition) is 6. The van der Waals surface area contributed by atoms with Crippen molar-refractivity contribution < 1.29 is 14.6 Å². The average Bonchev–Trinajstić information content (AvgIpc) is 3.46. The molecule has 0 spiro atoms. The van der Waals surface area contributed by atoms with Crippen molar-refractivity contribution in [2.45, 2.75) is 51.3 Å². The van der Waals surface area contributed by atoms with Gasteiger partial charge in [-0.05, 0) is 43.9 Å². The van der Waals surface area contributed by atoms with Gasteiger partial charge in [-0.2, -0.15) is 10.2 Å². The molecule has 1 fully saturated rings. The zero-order valence-corrected chi connectivity index (χ0v) is 17.9. The highest BCUT2D eigenvalue weighted by molar-refractivity contribution is 6.08. The molecule has 2 unspecified atom stereocenters. The zero-order valence-electron chi connectivity index (χ0n) is 17.9. The number of rotatable bonds is 6. The first-order valence-electron chi connectivity index (χ1n) is 11.0. The predicted molar refractivity (Wildman–Crippen MR) is 121 cm³/mol. The highest BCUT2D eigenvalue weighted by atomic mass is 16.5. The van der Waals surface area contributed by atoms with Crippen molar-refractivity contribution in [1.29, 1.82) is 0 Å². The molecule has 4 aromatic rings. The van der Waals surface area contributed by atoms with Crippen molar-refractivity contribution in [3.05, 3.63) is 36.7 Å². The van der Waals surface area contributed by atoms with Crippen LogP contribution in [0.15, 0.2) is 36.7 Å². The Morgan fingerprint density at radius 2 is 2.19 bits per heavy atom. The minimum absolute atomic E-state index is 0.00707. The Morgan fingerprint density at radius 3 is 2.94 bits per heavy atom. The van der Waals surface area contributed by atoms with E-state index in [0.29, 0.717) is 12.2 Å². The molecule has 32 heavy (non-hydrogen) atoms. The van der Waals surface area contributed by atoms with Gasteiger partial charge in [0.1, 0.15) is 11.3 Å². The van der Waals surface area contributed by atoms with Crippen molar-refractivity contribution >= 4 is 33.6 Å². The smallest absolute Gasteiger partial charge is 0.305 e. The number of carboxylic acid groups (broad SMARTS) is 1. The topological polar surface area (TPSA) is 121 Å². The highest BCUT2D eigenvalue weighted by Gasteiger charge is 2.21. The number of anilines is 1. The van der Waals surface area contributed by atoms with Crippen LogP contribution in [0.25, 0.3) is 33.1 Å². The molecule has 0 saturated carbocycles. The van der Waals surface area contributed by atoms with E-state index in [-0.39, 0.29) is 18.7 Å². The first kappa shape index (κ1) is 20.4. The van der Waals surface area contributed by atoms with E-state index < -0.39 is 5.97 Å². The second kappa shape index (κ2) is 8.23. The SMILES string of the molecule is CCC(CC(=O)O)n1cc2c(N)nc3cc(-c4ccnn4C4CCCCO4)ccc3c2n1. The Morgan fingerprint density at radius 1 is 1.31 bits per heavy atom. The lowest BCUT2D eigenvalue weighted by atomic mass is 10.1. The van der Waals surface area contributed by atoms with Crippen LogP contribution in [0.3, 0.4) is 0 Å². The fraction of sp³-hybridized carbons (Fsp3) is 0.391. The molecule has 3 N–H and O–H groups in total. The van der Waals surface area contributed by atoms with Gasteiger partial charge in [-0.25, -0.2) is 9.67 Å². The largest absolute Gasteiger partial charge is 0.481 e. The van der Waals surface area contributed by atoms with Gasteiger partial charge in [0.05, 0.1) is 29.1 Å². The number of carbonyl (C=O) groups is 1. The monoisotopic (exact) mass is 434 g/mol. The third-order valence-electron chi connectivity index (χ3n) is 6.15. The molecule has 2 atom stereocenters. The number of carboxylic acids is 1. The number of ether oxygens (including phenoxy) is 1. The first-order valence-corrected chi connectivity index (χ1v) is 11.0. The second-order valence-corrected chi connectivity index (χ2v) is 8.24. The third kappa shape index (κ3) is 3.58. The molecule has 1 aliphatic rings. The number of benzene rings is 1. The summed E-state index contributed by atoms with van der Waals surface area (Å²) in [5.74, 6) is -0.472. The van der Waals surface area contributed by atoms with Gasteiger partial charge in [0.15, 0.2) is 6.23 Å². The number of nitrogen functional groups attached to an aromatic ring is 1. The summed E-state index contributed by atoms with van der Waals surface area (Å²) < 4.78 is 9.57. The summed E-state index contributed by atoms with van der Waals surface area (Å²) in [5, 5.41) is 20.0. The van der Waals surface area contributed by atoms with Crippen LogP contribution in [0.5, 0.6) is 0 Å². The van der Waals surface area contributed by atoms with Gasteiger partial charge in [0.2, 0.25) is 0 Å². The van der Waals surface area contributed by atoms with Gasteiger partial charge < -0.3 is 15.6 Å². The van der Waals surface area contributed by atoms with Gasteiger partial charge in [0.25, 0.3) is 0 Å². The molecule has 0 radical (unpaired) electrons. The van der Waals surface area contributed by atoms with Gasteiger partial charge in [-0.3, -0.25) is 9.48 Å². The van der Waals surface area contributed by atoms with Crippen LogP contribution in [-0.4, -0.2) is 42.2 Å². The number of nitrogens with two attached hydrogens (primary N) is 1. The molecule has 1 aromatic carbocycles. The minimum atomic E-state index is -0.851. The molecule has 0 bridgehead atoms. The van der Waals surface area contributed by atoms with E-state index in [9.17, 15) is 9.90 Å². The molecule has 1 aliphatic heterocycles. The molecule has 3 aromatic heterocycles. The quantitative estimate of drug-likeness (QED) is 0.467. The van der Waals surface area contributed by atoms with Gasteiger partial charge in [-0.15, -0.1) is 0 Å². The Kier molecular flexibility index (Phi) is 5.26. The van der Waals surface area contributed by atoms with Crippen LogP contribution in [0.2, 0.25) is 0 Å². The minimum Gasteiger partial charge on any atom is -0.481 e. The van der Waals surface area contributed by atoms with E-state index in [4.69, 9.17) is 15.6 Å². The lowest BCUT2D eigenvalue weighted by molar-refractivity contribution is -0.138. The van der Waals surface area contributed by atoms with Gasteiger partial charge >= 0.3 is 5.97 Å². The molecule has 0 aliphatic carbocycles. The number of aromatic nitrogens is 5. The van der Waals surface area contributed by atoms with Crippen LogP contribution in [0, 0.1) is 0 Å². The predicted octanol–water partition coefficient (Wildman–Crippen LogP) is 4.16. The molecular formula is C23H26N6O3. The second-order valence-electron chi connectivity index (χ2n) is 8.24. The fourth-order valence-corrected chi connectivity index (χ4v) is 4.45. The summed E-state index contributed by atoms with van der Waals surface area (Å²) in [6.45, 7) is 2.70. The third-order valence-corrected chi connectivity index (χ3v) is 6.15. The molecule has 5 rings (SSSR count). The maximum absolute atomic E-state index is 11.2. The van der Waals surface area contributed by atoms with Crippen LogP contribution >= 0.6 is 0 Å². The Hall–Kier alpha value is -3.46. The average molecular weight is 435 g/mol. The Bertz CT molecular complexity index is 1290. The molecule has 9 heteroatoms. The molecule has 4 heterocycles. The standard InChI is InChI=1S/C23H26N6O3/c1-2-15(12-21(30)31)28-13-17-22(27-28)16-7-6-14(11-18(16)26-23(17)24)19-8-9-25-29(19)20-5-3-4-10-32-20/h6-9,11,13,15,20H,2-5,10,12H2,1H3,(H2,24,26)(H,30,31). The van der Waals surface area contributed by atoms with Crippen molar-refractivity contribution in [3.8, 4) is 11.3 Å². The number of hydrogen-bond donors (Lipinski definition) is 2. The normalized spacial score (nSPS) is 17.7. The molecule has 166 valence electrons. The highest BCUT2D eigenvalue weighted by Crippen LogP contribution is 2.33. The lowest BCUT2D eigenvalue weighted by Crippen LogP contribution is -2.19. The molecule has 9 nitrogen and oxygen atoms in total. The summed E-state index contributed by atoms with van der Waals surface area (Å²) in [6.07, 6.45) is 7.35. The molecule has 0 amide bonds. The molecular weight excluding hydrogens is 408 g/mol. The van der Waals surface area contributed by atoms with Crippen molar-refractivity contribution in [2.24, 2.45) is 0 Å². The number of fused-ring (bicyclic) bond motifs is 3. The van der Waals surface area contributed by atoms with E-state index in [1.165, 1.54) is 0 Å². The summed E-state index contributed by atoms with van der Waals surface area (Å²) in [5.41, 5.74) is 9.69. The van der Waals surface area contributed by atoms with Gasteiger partial charge in [-0.1, -0.05) is 13.0 Å². The fourth-order valence-electron chi connectivity index (χ4n) is 4.45. The number of aliphatic carboxylic acids is 1. The molecule has 1 saturated heterocycles. The number of nitrogens with zero attached hydrogens (tertiary/aromatic N) is 5. The summed E-state index contributed by atoms with van der Waals surface area (Å²) >= 11 is 0. The van der Waals surface area contributed by atoms with Crippen LogP contribution in [-0.2, 0) is 9.53 Å². The van der Waals surface area contributed by atoms with Crippen LogP contribution in [0.1, 0.15) is 51.3 Å². The van der Waals surface area contributed by atoms with E-state index in [1.54, 1.807) is 17.1 Å². The first-order chi connectivity index (χ1) is 15.5. The maximum Gasteiger partial charge on any atom is 0.305 e. The number of pyridine rings is 1. The van der Waals surface area contributed by atoms with E-state index in [2.05, 4.69) is 10.1 Å².